The van der Waals surface area contributed by atoms with Gasteiger partial charge in [-0.3, -0.25) is 4.79 Å². The summed E-state index contributed by atoms with van der Waals surface area (Å²) in [6.45, 7) is 3.28. The summed E-state index contributed by atoms with van der Waals surface area (Å²) < 4.78 is 5.10. The number of aromatic amines is 1. The lowest BCUT2D eigenvalue weighted by molar-refractivity contribution is 0.0595. The number of benzene rings is 1. The number of nitrogens with zero attached hydrogens (tertiary/aromatic N) is 3. The zero-order valence-electron chi connectivity index (χ0n) is 16.9. The standard InChI is InChI=1S/C21H24ClN5O3/c1-13-10-24-30-19(13)20(28)27-7-3-4-17(12-27)26(2)21(29)23-11-16-9-14-8-15(22)5-6-18(14)25-16/h5-6,8-10,17,25H,3-4,7,11-12H2,1-2H3,(H,23,29). The average molecular weight is 430 g/mol. The van der Waals surface area contributed by atoms with E-state index in [1.165, 1.54) is 6.20 Å². The van der Waals surface area contributed by atoms with Crippen LogP contribution in [0.25, 0.3) is 10.9 Å². The second-order valence-corrected chi connectivity index (χ2v) is 8.12. The number of hydrogen-bond acceptors (Lipinski definition) is 4. The van der Waals surface area contributed by atoms with Crippen molar-refractivity contribution in [1.82, 2.24) is 25.3 Å². The van der Waals surface area contributed by atoms with Crippen molar-refractivity contribution < 1.29 is 14.1 Å². The minimum absolute atomic E-state index is 0.0625. The van der Waals surface area contributed by atoms with Crippen LogP contribution in [-0.4, -0.2) is 58.1 Å². The first-order valence-electron chi connectivity index (χ1n) is 9.90. The van der Waals surface area contributed by atoms with Crippen LogP contribution in [0.4, 0.5) is 4.79 Å². The molecule has 3 aromatic rings. The van der Waals surface area contributed by atoms with Gasteiger partial charge in [-0.05, 0) is 44.0 Å². The Hall–Kier alpha value is -3.00. The Balaban J connectivity index is 1.35. The molecule has 9 heteroatoms. The largest absolute Gasteiger partial charge is 0.357 e. The summed E-state index contributed by atoms with van der Waals surface area (Å²) >= 11 is 6.03. The summed E-state index contributed by atoms with van der Waals surface area (Å²) in [4.78, 5) is 32.1. The van der Waals surface area contributed by atoms with Gasteiger partial charge in [0, 0.05) is 47.3 Å². The van der Waals surface area contributed by atoms with E-state index in [1.807, 2.05) is 24.3 Å². The van der Waals surface area contributed by atoms with Gasteiger partial charge in [0.2, 0.25) is 5.76 Å². The number of likely N-dealkylation sites (N-methyl/N-ethyl adjacent to an activating group) is 1. The molecule has 8 nitrogen and oxygen atoms in total. The zero-order valence-corrected chi connectivity index (χ0v) is 17.7. The summed E-state index contributed by atoms with van der Waals surface area (Å²) in [7, 11) is 1.76. The fourth-order valence-electron chi connectivity index (χ4n) is 3.82. The third-order valence-corrected chi connectivity index (χ3v) is 5.80. The highest BCUT2D eigenvalue weighted by Crippen LogP contribution is 2.21. The van der Waals surface area contributed by atoms with Crippen LogP contribution in [0, 0.1) is 6.92 Å². The monoisotopic (exact) mass is 429 g/mol. The van der Waals surface area contributed by atoms with Crippen molar-refractivity contribution in [2.24, 2.45) is 0 Å². The molecule has 0 spiro atoms. The maximum Gasteiger partial charge on any atom is 0.317 e. The molecular weight excluding hydrogens is 406 g/mol. The Kier molecular flexibility index (Phi) is 5.67. The van der Waals surface area contributed by atoms with E-state index in [4.69, 9.17) is 16.1 Å². The summed E-state index contributed by atoms with van der Waals surface area (Å²) in [6.07, 6.45) is 3.20. The lowest BCUT2D eigenvalue weighted by Gasteiger charge is -2.37. The Morgan fingerprint density at radius 1 is 1.40 bits per heavy atom. The molecule has 1 aliphatic rings. The van der Waals surface area contributed by atoms with Crippen LogP contribution in [0.5, 0.6) is 0 Å². The van der Waals surface area contributed by atoms with Crippen LogP contribution in [0.2, 0.25) is 5.02 Å². The predicted molar refractivity (Wildman–Crippen MR) is 113 cm³/mol. The molecule has 3 amide bonds. The summed E-state index contributed by atoms with van der Waals surface area (Å²) in [5.41, 5.74) is 2.59. The molecule has 30 heavy (non-hydrogen) atoms. The SMILES string of the molecule is Cc1cnoc1C(=O)N1CCCC(N(C)C(=O)NCc2cc3cc(Cl)ccc3[nH]2)C1. The number of hydrogen-bond donors (Lipinski definition) is 2. The van der Waals surface area contributed by atoms with Gasteiger partial charge in [0.25, 0.3) is 5.91 Å². The topological polar surface area (TPSA) is 94.5 Å². The van der Waals surface area contributed by atoms with Gasteiger partial charge in [-0.2, -0.15) is 0 Å². The van der Waals surface area contributed by atoms with E-state index in [1.54, 1.807) is 23.8 Å². The highest BCUT2D eigenvalue weighted by molar-refractivity contribution is 6.31. The van der Waals surface area contributed by atoms with Gasteiger partial charge < -0.3 is 24.6 Å². The number of H-pyrrole nitrogens is 1. The van der Waals surface area contributed by atoms with Crippen LogP contribution in [-0.2, 0) is 6.54 Å². The smallest absolute Gasteiger partial charge is 0.317 e. The third kappa shape index (κ3) is 4.14. The third-order valence-electron chi connectivity index (χ3n) is 5.56. The molecule has 1 fully saturated rings. The molecule has 0 radical (unpaired) electrons. The molecule has 158 valence electrons. The van der Waals surface area contributed by atoms with Gasteiger partial charge in [-0.1, -0.05) is 16.8 Å². The van der Waals surface area contributed by atoms with Crippen molar-refractivity contribution in [2.45, 2.75) is 32.4 Å². The number of likely N-dealkylation sites (tertiary alicyclic amines) is 1. The van der Waals surface area contributed by atoms with Crippen molar-refractivity contribution in [2.75, 3.05) is 20.1 Å². The normalized spacial score (nSPS) is 16.6. The second-order valence-electron chi connectivity index (χ2n) is 7.68. The second kappa shape index (κ2) is 8.39. The van der Waals surface area contributed by atoms with Crippen molar-refractivity contribution in [3.05, 3.63) is 52.5 Å². The molecule has 1 saturated heterocycles. The average Bonchev–Trinajstić information content (AvgIpc) is 3.36. The van der Waals surface area contributed by atoms with Crippen LogP contribution >= 0.6 is 11.6 Å². The van der Waals surface area contributed by atoms with Gasteiger partial charge >= 0.3 is 6.03 Å². The molecular formula is C21H24ClN5O3. The van der Waals surface area contributed by atoms with Crippen LogP contribution in [0.3, 0.4) is 0 Å². The molecule has 4 rings (SSSR count). The zero-order chi connectivity index (χ0) is 21.3. The fraction of sp³-hybridized carbons (Fsp3) is 0.381. The Labute approximate surface area is 179 Å². The van der Waals surface area contributed by atoms with E-state index in [2.05, 4.69) is 15.5 Å². The number of piperidine rings is 1. The number of amides is 3. The minimum atomic E-state index is -0.180. The summed E-state index contributed by atoms with van der Waals surface area (Å²) in [5, 5.41) is 8.31. The van der Waals surface area contributed by atoms with Gasteiger partial charge in [0.05, 0.1) is 18.8 Å². The van der Waals surface area contributed by atoms with E-state index in [9.17, 15) is 9.59 Å². The maximum atomic E-state index is 12.7. The maximum absolute atomic E-state index is 12.7. The number of rotatable bonds is 4. The first kappa shape index (κ1) is 20.3. The quantitative estimate of drug-likeness (QED) is 0.662. The van der Waals surface area contributed by atoms with Gasteiger partial charge in [-0.15, -0.1) is 0 Å². The Morgan fingerprint density at radius 3 is 3.00 bits per heavy atom. The fourth-order valence-corrected chi connectivity index (χ4v) is 4.00. The van der Waals surface area contributed by atoms with Gasteiger partial charge in [0.15, 0.2) is 0 Å². The number of nitrogens with one attached hydrogen (secondary N) is 2. The molecule has 2 N–H and O–H groups in total. The number of carbonyl (C=O) groups excluding carboxylic acids is 2. The van der Waals surface area contributed by atoms with Crippen LogP contribution < -0.4 is 5.32 Å². The molecule has 0 bridgehead atoms. The summed E-state index contributed by atoms with van der Waals surface area (Å²) in [5.74, 6) is 0.0851. The van der Waals surface area contributed by atoms with Crippen LogP contribution in [0.1, 0.15) is 34.7 Å². The highest BCUT2D eigenvalue weighted by Gasteiger charge is 2.31. The molecule has 1 unspecified atom stereocenters. The lowest BCUT2D eigenvalue weighted by atomic mass is 10.0. The number of urea groups is 1. The molecule has 2 aromatic heterocycles. The number of halogens is 1. The molecule has 1 aromatic carbocycles. The van der Waals surface area contributed by atoms with E-state index in [0.29, 0.717) is 30.2 Å². The molecule has 1 atom stereocenters. The van der Waals surface area contributed by atoms with Crippen molar-refractivity contribution in [3.8, 4) is 0 Å². The molecule has 3 heterocycles. The number of aromatic nitrogens is 2. The Morgan fingerprint density at radius 2 is 2.23 bits per heavy atom. The Bertz CT molecular complexity index is 1080. The minimum Gasteiger partial charge on any atom is -0.357 e. The molecule has 1 aliphatic heterocycles. The van der Waals surface area contributed by atoms with Crippen molar-refractivity contribution in [1.29, 1.82) is 0 Å². The summed E-state index contributed by atoms with van der Waals surface area (Å²) in [6, 6.07) is 7.36. The lowest BCUT2D eigenvalue weighted by Crippen LogP contribution is -2.52. The predicted octanol–water partition coefficient (Wildman–Crippen LogP) is 3.56. The van der Waals surface area contributed by atoms with Crippen molar-refractivity contribution >= 4 is 34.4 Å². The van der Waals surface area contributed by atoms with Crippen LogP contribution in [0.15, 0.2) is 35.0 Å². The number of fused-ring (bicyclic) bond motifs is 1. The van der Waals surface area contributed by atoms with E-state index in [0.717, 1.165) is 29.4 Å². The molecule has 0 saturated carbocycles. The van der Waals surface area contributed by atoms with Gasteiger partial charge in [-0.25, -0.2) is 4.79 Å². The first-order valence-corrected chi connectivity index (χ1v) is 10.3. The number of aryl methyl sites for hydroxylation is 1. The highest BCUT2D eigenvalue weighted by atomic mass is 35.5. The van der Waals surface area contributed by atoms with E-state index < -0.39 is 0 Å². The number of carbonyl (C=O) groups is 2. The molecule has 0 aliphatic carbocycles. The van der Waals surface area contributed by atoms with E-state index in [-0.39, 0.29) is 23.7 Å². The van der Waals surface area contributed by atoms with E-state index >= 15 is 0 Å². The van der Waals surface area contributed by atoms with Gasteiger partial charge in [0.1, 0.15) is 0 Å². The first-order chi connectivity index (χ1) is 14.4. The van der Waals surface area contributed by atoms with Crippen molar-refractivity contribution in [3.63, 3.8) is 0 Å².